The average molecular weight is 415 g/mol. The lowest BCUT2D eigenvalue weighted by Gasteiger charge is -2.16. The van der Waals surface area contributed by atoms with Crippen LogP contribution in [-0.2, 0) is 0 Å². The van der Waals surface area contributed by atoms with Gasteiger partial charge in [0.1, 0.15) is 0 Å². The van der Waals surface area contributed by atoms with Crippen LogP contribution >= 0.6 is 0 Å². The van der Waals surface area contributed by atoms with E-state index in [1.165, 1.54) is 30.3 Å². The van der Waals surface area contributed by atoms with Crippen molar-refractivity contribution < 1.29 is 19.3 Å². The molecule has 1 aliphatic rings. The Hall–Kier alpha value is -4.33. The molecule has 0 radical (unpaired) electrons. The maximum Gasteiger partial charge on any atom is 0.274 e. The maximum absolute atomic E-state index is 13.0. The van der Waals surface area contributed by atoms with Crippen molar-refractivity contribution in [2.75, 3.05) is 10.2 Å². The summed E-state index contributed by atoms with van der Waals surface area (Å²) in [6.07, 6.45) is 0. The van der Waals surface area contributed by atoms with Crippen LogP contribution in [0.5, 0.6) is 0 Å². The molecule has 0 atom stereocenters. The average Bonchev–Trinajstić information content (AvgIpc) is 2.99. The number of amides is 3. The number of hydrogen-bond donors (Lipinski definition) is 1. The third-order valence-electron chi connectivity index (χ3n) is 5.26. The first-order valence-electron chi connectivity index (χ1n) is 9.43. The van der Waals surface area contributed by atoms with E-state index in [2.05, 4.69) is 5.32 Å². The number of nitro benzene ring substituents is 1. The number of nitrogens with one attached hydrogen (secondary N) is 1. The Morgan fingerprint density at radius 3 is 2.35 bits per heavy atom. The van der Waals surface area contributed by atoms with E-state index in [1.807, 2.05) is 6.07 Å². The summed E-state index contributed by atoms with van der Waals surface area (Å²) in [5.74, 6) is -1.49. The van der Waals surface area contributed by atoms with Gasteiger partial charge in [0.25, 0.3) is 23.4 Å². The minimum Gasteiger partial charge on any atom is -0.321 e. The van der Waals surface area contributed by atoms with Gasteiger partial charge in [-0.1, -0.05) is 24.3 Å². The van der Waals surface area contributed by atoms with Crippen LogP contribution in [0.25, 0.3) is 0 Å². The van der Waals surface area contributed by atoms with Gasteiger partial charge in [-0.2, -0.15) is 0 Å². The lowest BCUT2D eigenvalue weighted by molar-refractivity contribution is -0.385. The van der Waals surface area contributed by atoms with Crippen molar-refractivity contribution in [1.29, 1.82) is 0 Å². The molecule has 0 unspecified atom stereocenters. The van der Waals surface area contributed by atoms with E-state index in [1.54, 1.807) is 38.1 Å². The van der Waals surface area contributed by atoms with Gasteiger partial charge in [0.2, 0.25) is 0 Å². The molecule has 1 aliphatic heterocycles. The molecule has 0 aliphatic carbocycles. The molecule has 8 heteroatoms. The molecule has 0 bridgehead atoms. The highest BCUT2D eigenvalue weighted by Crippen LogP contribution is 2.31. The fourth-order valence-electron chi connectivity index (χ4n) is 3.57. The minimum atomic E-state index is -0.541. The number of nitro groups is 1. The molecular weight excluding hydrogens is 398 g/mol. The zero-order valence-electron chi connectivity index (χ0n) is 16.7. The Kier molecular flexibility index (Phi) is 4.82. The Labute approximate surface area is 177 Å². The number of rotatable bonds is 4. The van der Waals surface area contributed by atoms with Crippen LogP contribution in [0.2, 0.25) is 0 Å². The quantitative estimate of drug-likeness (QED) is 0.389. The van der Waals surface area contributed by atoms with Gasteiger partial charge in [-0.05, 0) is 49.7 Å². The summed E-state index contributed by atoms with van der Waals surface area (Å²) < 4.78 is 0. The lowest BCUT2D eigenvalue weighted by Crippen LogP contribution is -2.29. The third-order valence-corrected chi connectivity index (χ3v) is 5.26. The van der Waals surface area contributed by atoms with Crippen molar-refractivity contribution in [3.63, 3.8) is 0 Å². The van der Waals surface area contributed by atoms with Crippen molar-refractivity contribution in [2.45, 2.75) is 13.8 Å². The fraction of sp³-hybridized carbons (Fsp3) is 0.0870. The molecular formula is C23H17N3O5. The first kappa shape index (κ1) is 20.0. The van der Waals surface area contributed by atoms with Crippen molar-refractivity contribution in [2.24, 2.45) is 0 Å². The topological polar surface area (TPSA) is 110 Å². The monoisotopic (exact) mass is 415 g/mol. The highest BCUT2D eigenvalue weighted by molar-refractivity contribution is 6.35. The number of carbonyl (C=O) groups excluding carboxylic acids is 3. The summed E-state index contributed by atoms with van der Waals surface area (Å²) in [5, 5.41) is 13.8. The largest absolute Gasteiger partial charge is 0.321 e. The molecule has 8 nitrogen and oxygen atoms in total. The third kappa shape index (κ3) is 3.33. The predicted molar refractivity (Wildman–Crippen MR) is 115 cm³/mol. The number of hydrogen-bond acceptors (Lipinski definition) is 5. The molecule has 0 aromatic heterocycles. The molecule has 3 aromatic rings. The molecule has 3 amide bonds. The van der Waals surface area contributed by atoms with E-state index in [4.69, 9.17) is 0 Å². The van der Waals surface area contributed by atoms with Crippen molar-refractivity contribution in [3.05, 3.63) is 98.6 Å². The van der Waals surface area contributed by atoms with Gasteiger partial charge in [-0.15, -0.1) is 0 Å². The molecule has 0 fully saturated rings. The second-order valence-corrected chi connectivity index (χ2v) is 7.15. The smallest absolute Gasteiger partial charge is 0.274 e. The van der Waals surface area contributed by atoms with Crippen LogP contribution in [0.4, 0.5) is 17.1 Å². The van der Waals surface area contributed by atoms with Gasteiger partial charge in [-0.25, -0.2) is 4.90 Å². The first-order chi connectivity index (χ1) is 14.8. The number of carbonyl (C=O) groups is 3. The second kappa shape index (κ2) is 7.49. The van der Waals surface area contributed by atoms with Crippen LogP contribution in [0.1, 0.15) is 42.2 Å². The summed E-state index contributed by atoms with van der Waals surface area (Å²) in [5.41, 5.74) is 2.29. The molecule has 0 saturated carbocycles. The zero-order chi connectivity index (χ0) is 22.3. The highest BCUT2D eigenvalue weighted by Gasteiger charge is 2.37. The molecule has 1 N–H and O–H groups in total. The number of aryl methyl sites for hydroxylation is 1. The number of imide groups is 1. The summed E-state index contributed by atoms with van der Waals surface area (Å²) in [7, 11) is 0. The molecule has 154 valence electrons. The molecule has 0 spiro atoms. The normalized spacial score (nSPS) is 12.6. The fourth-order valence-corrected chi connectivity index (χ4v) is 3.57. The molecule has 1 heterocycles. The summed E-state index contributed by atoms with van der Waals surface area (Å²) in [6, 6.07) is 15.7. The van der Waals surface area contributed by atoms with Gasteiger partial charge >= 0.3 is 0 Å². The van der Waals surface area contributed by atoms with E-state index in [-0.39, 0.29) is 22.4 Å². The SMILES string of the molecule is Cc1ccccc1N1C(=O)c2ccc(C(=O)Nc3cccc([N+](=O)[O-])c3C)cc2C1=O. The summed E-state index contributed by atoms with van der Waals surface area (Å²) in [6.45, 7) is 3.35. The predicted octanol–water partition coefficient (Wildman–Crippen LogP) is 4.26. The Bertz CT molecular complexity index is 1280. The number of anilines is 2. The zero-order valence-corrected chi connectivity index (χ0v) is 16.7. The van der Waals surface area contributed by atoms with Gasteiger partial charge in [0.15, 0.2) is 0 Å². The Morgan fingerprint density at radius 2 is 1.65 bits per heavy atom. The van der Waals surface area contributed by atoms with Gasteiger partial charge in [0, 0.05) is 11.6 Å². The standard InChI is InChI=1S/C23H17N3O5/c1-13-6-3-4-8-19(13)25-22(28)16-11-10-15(12-17(16)23(25)29)21(27)24-18-7-5-9-20(14(18)2)26(30)31/h3-12H,1-2H3,(H,24,27). The molecule has 3 aromatic carbocycles. The maximum atomic E-state index is 13.0. The van der Waals surface area contributed by atoms with Crippen molar-refractivity contribution in [1.82, 2.24) is 0 Å². The first-order valence-corrected chi connectivity index (χ1v) is 9.43. The van der Waals surface area contributed by atoms with Crippen molar-refractivity contribution in [3.8, 4) is 0 Å². The van der Waals surface area contributed by atoms with Crippen LogP contribution in [0.3, 0.4) is 0 Å². The van der Waals surface area contributed by atoms with Crippen LogP contribution in [0.15, 0.2) is 60.7 Å². The van der Waals surface area contributed by atoms with E-state index in [0.717, 1.165) is 10.5 Å². The summed E-state index contributed by atoms with van der Waals surface area (Å²) in [4.78, 5) is 50.2. The Balaban J connectivity index is 1.65. The van der Waals surface area contributed by atoms with Gasteiger partial charge < -0.3 is 5.32 Å². The van der Waals surface area contributed by atoms with Crippen LogP contribution in [0, 0.1) is 24.0 Å². The van der Waals surface area contributed by atoms with Crippen molar-refractivity contribution >= 4 is 34.8 Å². The highest BCUT2D eigenvalue weighted by atomic mass is 16.6. The molecule has 0 saturated heterocycles. The molecule has 4 rings (SSSR count). The van der Waals surface area contributed by atoms with Crippen LogP contribution < -0.4 is 10.2 Å². The number of fused-ring (bicyclic) bond motifs is 1. The van der Waals surface area contributed by atoms with E-state index in [0.29, 0.717) is 16.9 Å². The summed E-state index contributed by atoms with van der Waals surface area (Å²) >= 11 is 0. The number of nitrogens with zero attached hydrogens (tertiary/aromatic N) is 2. The van der Waals surface area contributed by atoms with Gasteiger partial charge in [-0.3, -0.25) is 24.5 Å². The lowest BCUT2D eigenvalue weighted by atomic mass is 10.0. The van der Waals surface area contributed by atoms with Gasteiger partial charge in [0.05, 0.1) is 33.0 Å². The van der Waals surface area contributed by atoms with E-state index < -0.39 is 22.6 Å². The minimum absolute atomic E-state index is 0.110. The second-order valence-electron chi connectivity index (χ2n) is 7.15. The molecule has 31 heavy (non-hydrogen) atoms. The Morgan fingerprint density at radius 1 is 0.935 bits per heavy atom. The van der Waals surface area contributed by atoms with Crippen LogP contribution in [-0.4, -0.2) is 22.6 Å². The van der Waals surface area contributed by atoms with E-state index >= 15 is 0 Å². The number of para-hydroxylation sites is 1. The van der Waals surface area contributed by atoms with E-state index in [9.17, 15) is 24.5 Å². The number of benzene rings is 3.